The van der Waals surface area contributed by atoms with Crippen LogP contribution in [0.1, 0.15) is 61.5 Å². The molecule has 1 aliphatic heterocycles. The average Bonchev–Trinajstić information content (AvgIpc) is 3.38. The van der Waals surface area contributed by atoms with Crippen LogP contribution in [0.4, 0.5) is 0 Å². The normalized spacial score (nSPS) is 20.8. The highest BCUT2D eigenvalue weighted by molar-refractivity contribution is 6.02. The lowest BCUT2D eigenvalue weighted by atomic mass is 9.93. The van der Waals surface area contributed by atoms with E-state index in [1.807, 2.05) is 35.8 Å². The standard InChI is InChI=1S/C28H35N3O5/c1-28(27(33)29-20-8-6-4-5-7-9-20)18-30-21-13-15-36-24(21)17-22(30)26(32)31(28)14-12-19-10-11-23(34-2)25(16-19)35-3/h10-11,13,15-17,20H,4-9,12,14,18H2,1-3H3,(H,29,33)/t28-/m0/s1. The Morgan fingerprint density at radius 1 is 1.08 bits per heavy atom. The third-order valence-electron chi connectivity index (χ3n) is 7.80. The highest BCUT2D eigenvalue weighted by Gasteiger charge is 2.48. The molecule has 1 aliphatic carbocycles. The largest absolute Gasteiger partial charge is 0.493 e. The number of hydrogen-bond donors (Lipinski definition) is 1. The fourth-order valence-corrected chi connectivity index (χ4v) is 5.66. The second kappa shape index (κ2) is 9.91. The van der Waals surface area contributed by atoms with Gasteiger partial charge in [0.05, 0.1) is 32.5 Å². The molecule has 1 fully saturated rings. The number of nitrogens with zero attached hydrogens (tertiary/aromatic N) is 2. The van der Waals surface area contributed by atoms with Gasteiger partial charge in [0, 0.05) is 24.7 Å². The van der Waals surface area contributed by atoms with E-state index in [4.69, 9.17) is 13.9 Å². The summed E-state index contributed by atoms with van der Waals surface area (Å²) < 4.78 is 18.3. The molecular weight excluding hydrogens is 458 g/mol. The van der Waals surface area contributed by atoms with E-state index in [-0.39, 0.29) is 17.9 Å². The Kier molecular flexibility index (Phi) is 6.69. The van der Waals surface area contributed by atoms with E-state index >= 15 is 0 Å². The summed E-state index contributed by atoms with van der Waals surface area (Å²) in [6, 6.07) is 9.54. The van der Waals surface area contributed by atoms with Crippen LogP contribution in [0, 0.1) is 0 Å². The molecule has 1 saturated carbocycles. The molecular formula is C28H35N3O5. The number of hydrogen-bond acceptors (Lipinski definition) is 5. The molecule has 2 aliphatic rings. The van der Waals surface area contributed by atoms with Gasteiger partial charge in [0.15, 0.2) is 17.1 Å². The average molecular weight is 494 g/mol. The van der Waals surface area contributed by atoms with Crippen LogP contribution in [-0.2, 0) is 17.8 Å². The predicted molar refractivity (Wildman–Crippen MR) is 137 cm³/mol. The van der Waals surface area contributed by atoms with Crippen molar-refractivity contribution in [3.05, 3.63) is 47.9 Å². The Labute approximate surface area is 211 Å². The van der Waals surface area contributed by atoms with Gasteiger partial charge in [-0.1, -0.05) is 31.7 Å². The molecule has 0 unspecified atom stereocenters. The highest BCUT2D eigenvalue weighted by Crippen LogP contribution is 2.34. The van der Waals surface area contributed by atoms with Crippen LogP contribution >= 0.6 is 0 Å². The number of fused-ring (bicyclic) bond motifs is 3. The minimum Gasteiger partial charge on any atom is -0.493 e. The lowest BCUT2D eigenvalue weighted by molar-refractivity contribution is -0.133. The van der Waals surface area contributed by atoms with Gasteiger partial charge in [0.25, 0.3) is 5.91 Å². The lowest BCUT2D eigenvalue weighted by Gasteiger charge is -2.44. The van der Waals surface area contributed by atoms with E-state index in [1.165, 1.54) is 12.8 Å². The fourth-order valence-electron chi connectivity index (χ4n) is 5.66. The monoisotopic (exact) mass is 493 g/mol. The smallest absolute Gasteiger partial charge is 0.271 e. The number of methoxy groups -OCH3 is 2. The van der Waals surface area contributed by atoms with Crippen molar-refractivity contribution in [3.63, 3.8) is 0 Å². The molecule has 0 saturated heterocycles. The van der Waals surface area contributed by atoms with E-state index in [1.54, 1.807) is 31.4 Å². The predicted octanol–water partition coefficient (Wildman–Crippen LogP) is 4.55. The molecule has 0 radical (unpaired) electrons. The van der Waals surface area contributed by atoms with E-state index in [9.17, 15) is 9.59 Å². The van der Waals surface area contributed by atoms with Gasteiger partial charge in [0.1, 0.15) is 11.2 Å². The number of nitrogens with one attached hydrogen (secondary N) is 1. The van der Waals surface area contributed by atoms with Gasteiger partial charge >= 0.3 is 0 Å². The minimum absolute atomic E-state index is 0.0916. The van der Waals surface area contributed by atoms with Crippen LogP contribution in [0.15, 0.2) is 41.0 Å². The first-order valence-electron chi connectivity index (χ1n) is 12.8. The van der Waals surface area contributed by atoms with Crippen LogP contribution in [-0.4, -0.2) is 53.6 Å². The van der Waals surface area contributed by atoms with Gasteiger partial charge in [-0.15, -0.1) is 0 Å². The summed E-state index contributed by atoms with van der Waals surface area (Å²) in [6.45, 7) is 2.66. The molecule has 36 heavy (non-hydrogen) atoms. The van der Waals surface area contributed by atoms with Gasteiger partial charge in [-0.3, -0.25) is 9.59 Å². The van der Waals surface area contributed by atoms with E-state index in [0.29, 0.717) is 42.3 Å². The van der Waals surface area contributed by atoms with Gasteiger partial charge < -0.3 is 28.7 Å². The third kappa shape index (κ3) is 4.33. The molecule has 1 aromatic carbocycles. The van der Waals surface area contributed by atoms with Crippen LogP contribution in [0.5, 0.6) is 11.5 Å². The Balaban J connectivity index is 1.45. The molecule has 8 heteroatoms. The van der Waals surface area contributed by atoms with E-state index in [2.05, 4.69) is 5.32 Å². The van der Waals surface area contributed by atoms with Crippen LogP contribution < -0.4 is 14.8 Å². The Bertz CT molecular complexity index is 1250. The third-order valence-corrected chi connectivity index (χ3v) is 7.80. The van der Waals surface area contributed by atoms with Crippen molar-refractivity contribution in [1.82, 2.24) is 14.8 Å². The van der Waals surface area contributed by atoms with Crippen LogP contribution in [0.25, 0.3) is 11.1 Å². The molecule has 1 atom stereocenters. The van der Waals surface area contributed by atoms with Gasteiger partial charge in [-0.2, -0.15) is 0 Å². The van der Waals surface area contributed by atoms with Crippen molar-refractivity contribution >= 4 is 22.9 Å². The Hall–Kier alpha value is -3.42. The first-order valence-corrected chi connectivity index (χ1v) is 12.8. The summed E-state index contributed by atoms with van der Waals surface area (Å²) in [4.78, 5) is 29.5. The maximum atomic E-state index is 13.9. The molecule has 8 nitrogen and oxygen atoms in total. The molecule has 2 amide bonds. The second-order valence-corrected chi connectivity index (χ2v) is 10.1. The van der Waals surface area contributed by atoms with Gasteiger partial charge in [0.2, 0.25) is 5.91 Å². The molecule has 3 heterocycles. The summed E-state index contributed by atoms with van der Waals surface area (Å²) in [6.07, 6.45) is 8.85. The first-order chi connectivity index (χ1) is 17.4. The zero-order chi connectivity index (χ0) is 25.3. The van der Waals surface area contributed by atoms with Crippen molar-refractivity contribution < 1.29 is 23.5 Å². The SMILES string of the molecule is COc1ccc(CCN2C(=O)c3cc4occc4n3C[C@@]2(C)C(=O)NC2CCCCCC2)cc1OC. The summed E-state index contributed by atoms with van der Waals surface area (Å²) >= 11 is 0. The van der Waals surface area contributed by atoms with Crippen LogP contribution in [0.2, 0.25) is 0 Å². The maximum Gasteiger partial charge on any atom is 0.271 e. The summed E-state index contributed by atoms with van der Waals surface area (Å²) in [7, 11) is 3.21. The summed E-state index contributed by atoms with van der Waals surface area (Å²) in [5.41, 5.74) is 2.02. The number of furan rings is 1. The van der Waals surface area contributed by atoms with Crippen LogP contribution in [0.3, 0.4) is 0 Å². The lowest BCUT2D eigenvalue weighted by Crippen LogP contribution is -2.65. The van der Waals surface area contributed by atoms with E-state index < -0.39 is 5.54 Å². The van der Waals surface area contributed by atoms with Crippen molar-refractivity contribution in [2.45, 2.75) is 70.0 Å². The number of benzene rings is 1. The maximum absolute atomic E-state index is 13.9. The first kappa shape index (κ1) is 24.3. The second-order valence-electron chi connectivity index (χ2n) is 10.1. The number of aromatic nitrogens is 1. The zero-order valence-corrected chi connectivity index (χ0v) is 21.3. The van der Waals surface area contributed by atoms with Crippen molar-refractivity contribution in [1.29, 1.82) is 0 Å². The van der Waals surface area contributed by atoms with Gasteiger partial charge in [-0.05, 0) is 43.9 Å². The number of carbonyl (C=O) groups excluding carboxylic acids is 2. The Morgan fingerprint density at radius 3 is 2.56 bits per heavy atom. The van der Waals surface area contributed by atoms with Crippen molar-refractivity contribution in [3.8, 4) is 11.5 Å². The summed E-state index contributed by atoms with van der Waals surface area (Å²) in [5.74, 6) is 1.05. The Morgan fingerprint density at radius 2 is 1.83 bits per heavy atom. The summed E-state index contributed by atoms with van der Waals surface area (Å²) in [5, 5.41) is 3.31. The number of rotatable bonds is 7. The molecule has 0 bridgehead atoms. The topological polar surface area (TPSA) is 85.9 Å². The van der Waals surface area contributed by atoms with Crippen molar-refractivity contribution in [2.24, 2.45) is 0 Å². The molecule has 1 N–H and O–H groups in total. The fraction of sp³-hybridized carbons (Fsp3) is 0.500. The molecule has 2 aromatic heterocycles. The number of amides is 2. The van der Waals surface area contributed by atoms with Crippen molar-refractivity contribution in [2.75, 3.05) is 20.8 Å². The highest BCUT2D eigenvalue weighted by atomic mass is 16.5. The van der Waals surface area contributed by atoms with E-state index in [0.717, 1.165) is 36.8 Å². The quantitative estimate of drug-likeness (QED) is 0.488. The zero-order valence-electron chi connectivity index (χ0n) is 21.3. The molecule has 0 spiro atoms. The molecule has 3 aromatic rings. The molecule has 192 valence electrons. The van der Waals surface area contributed by atoms with Gasteiger partial charge in [-0.25, -0.2) is 0 Å². The molecule has 5 rings (SSSR count). The minimum atomic E-state index is -1.03. The number of carbonyl (C=O) groups is 2. The number of ether oxygens (including phenoxy) is 2.